The maximum absolute atomic E-state index is 9.94. The third-order valence-electron chi connectivity index (χ3n) is 2.72. The first-order valence-electron chi connectivity index (χ1n) is 5.91. The van der Waals surface area contributed by atoms with Crippen LogP contribution in [0.5, 0.6) is 5.75 Å². The Hall–Kier alpha value is -1.56. The predicted molar refractivity (Wildman–Crippen MR) is 88.0 cm³/mol. The maximum atomic E-state index is 9.94. The number of anilines is 1. The van der Waals surface area contributed by atoms with E-state index in [0.29, 0.717) is 0 Å². The second-order valence-corrected chi connectivity index (χ2v) is 5.64. The molecule has 0 spiro atoms. The van der Waals surface area contributed by atoms with Gasteiger partial charge in [0.2, 0.25) is 0 Å². The molecule has 0 fully saturated rings. The molecular formula is C15H15IN2O. The molecule has 2 N–H and O–H groups in total. The van der Waals surface area contributed by atoms with Crippen LogP contribution >= 0.6 is 22.6 Å². The van der Waals surface area contributed by atoms with Crippen LogP contribution in [0.1, 0.15) is 16.7 Å². The van der Waals surface area contributed by atoms with E-state index in [1.54, 1.807) is 6.21 Å². The largest absolute Gasteiger partial charge is 0.507 e. The van der Waals surface area contributed by atoms with Crippen molar-refractivity contribution >= 4 is 34.5 Å². The van der Waals surface area contributed by atoms with E-state index in [4.69, 9.17) is 0 Å². The Morgan fingerprint density at radius 3 is 2.53 bits per heavy atom. The summed E-state index contributed by atoms with van der Waals surface area (Å²) >= 11 is 2.26. The Labute approximate surface area is 126 Å². The Balaban J connectivity index is 2.13. The first-order chi connectivity index (χ1) is 9.06. The summed E-state index contributed by atoms with van der Waals surface area (Å²) in [6.45, 7) is 3.88. The van der Waals surface area contributed by atoms with Crippen molar-refractivity contribution in [3.05, 3.63) is 56.7 Å². The van der Waals surface area contributed by atoms with Gasteiger partial charge in [-0.3, -0.25) is 5.43 Å². The number of nitrogens with one attached hydrogen (secondary N) is 1. The van der Waals surface area contributed by atoms with E-state index in [9.17, 15) is 5.11 Å². The molecule has 19 heavy (non-hydrogen) atoms. The number of rotatable bonds is 3. The molecule has 2 rings (SSSR count). The predicted octanol–water partition coefficient (Wildman–Crippen LogP) is 4.06. The summed E-state index contributed by atoms with van der Waals surface area (Å²) in [5.41, 5.74) is 6.54. The molecule has 0 unspecified atom stereocenters. The van der Waals surface area contributed by atoms with E-state index < -0.39 is 0 Å². The second kappa shape index (κ2) is 6.06. The number of halogens is 1. The highest BCUT2D eigenvalue weighted by Crippen LogP contribution is 2.22. The quantitative estimate of drug-likeness (QED) is 0.489. The minimum atomic E-state index is 0.277. The zero-order chi connectivity index (χ0) is 13.8. The molecule has 2 aromatic rings. The van der Waals surface area contributed by atoms with Crippen LogP contribution in [0.2, 0.25) is 0 Å². The van der Waals surface area contributed by atoms with Gasteiger partial charge in [-0.25, -0.2) is 0 Å². The molecule has 0 aromatic heterocycles. The van der Waals surface area contributed by atoms with Gasteiger partial charge in [-0.1, -0.05) is 6.07 Å². The SMILES string of the molecule is Cc1cc(C)c(O)c(/C=N\Nc2ccc(I)cc2)c1. The van der Waals surface area contributed by atoms with Gasteiger partial charge < -0.3 is 5.11 Å². The molecule has 0 radical (unpaired) electrons. The normalized spacial score (nSPS) is 10.9. The number of phenolic OH excluding ortho intramolecular Hbond substituents is 1. The minimum absolute atomic E-state index is 0.277. The highest BCUT2D eigenvalue weighted by Gasteiger charge is 2.02. The van der Waals surface area contributed by atoms with Gasteiger partial charge in [-0.15, -0.1) is 0 Å². The number of benzene rings is 2. The Morgan fingerprint density at radius 1 is 1.16 bits per heavy atom. The summed E-state index contributed by atoms with van der Waals surface area (Å²) in [6, 6.07) is 11.8. The van der Waals surface area contributed by atoms with Crippen LogP contribution in [-0.4, -0.2) is 11.3 Å². The molecule has 0 aliphatic carbocycles. The zero-order valence-electron chi connectivity index (χ0n) is 10.8. The molecule has 0 saturated carbocycles. The Kier molecular flexibility index (Phi) is 4.42. The topological polar surface area (TPSA) is 44.6 Å². The van der Waals surface area contributed by atoms with E-state index in [1.165, 1.54) is 3.57 Å². The van der Waals surface area contributed by atoms with Crippen LogP contribution in [0.25, 0.3) is 0 Å². The summed E-state index contributed by atoms with van der Waals surface area (Å²) in [6.07, 6.45) is 1.63. The summed E-state index contributed by atoms with van der Waals surface area (Å²) < 4.78 is 1.18. The lowest BCUT2D eigenvalue weighted by atomic mass is 10.1. The van der Waals surface area contributed by atoms with Gasteiger partial charge in [-0.2, -0.15) is 5.10 Å². The molecule has 0 amide bonds. The molecular weight excluding hydrogens is 351 g/mol. The molecule has 0 bridgehead atoms. The number of hydrogen-bond donors (Lipinski definition) is 2. The average Bonchev–Trinajstić information content (AvgIpc) is 2.37. The number of aryl methyl sites for hydroxylation is 2. The number of phenols is 1. The van der Waals surface area contributed by atoms with E-state index in [0.717, 1.165) is 22.4 Å². The monoisotopic (exact) mass is 366 g/mol. The molecule has 0 atom stereocenters. The van der Waals surface area contributed by atoms with E-state index >= 15 is 0 Å². The fourth-order valence-corrected chi connectivity index (χ4v) is 2.15. The van der Waals surface area contributed by atoms with Crippen LogP contribution in [0.15, 0.2) is 41.5 Å². The molecule has 0 aliphatic rings. The van der Waals surface area contributed by atoms with Crippen molar-refractivity contribution < 1.29 is 5.11 Å². The molecule has 0 heterocycles. The van der Waals surface area contributed by atoms with Gasteiger partial charge in [0.25, 0.3) is 0 Å². The molecule has 98 valence electrons. The van der Waals surface area contributed by atoms with Crippen LogP contribution in [-0.2, 0) is 0 Å². The smallest absolute Gasteiger partial charge is 0.127 e. The van der Waals surface area contributed by atoms with Crippen LogP contribution in [0.4, 0.5) is 5.69 Å². The summed E-state index contributed by atoms with van der Waals surface area (Å²) in [4.78, 5) is 0. The molecule has 3 nitrogen and oxygen atoms in total. The number of hydrogen-bond acceptors (Lipinski definition) is 3. The van der Waals surface area contributed by atoms with Crippen molar-refractivity contribution in [1.82, 2.24) is 0 Å². The second-order valence-electron chi connectivity index (χ2n) is 4.40. The van der Waals surface area contributed by atoms with Crippen molar-refractivity contribution in [3.63, 3.8) is 0 Å². The van der Waals surface area contributed by atoms with Gasteiger partial charge in [0.1, 0.15) is 5.75 Å². The molecule has 4 heteroatoms. The lowest BCUT2D eigenvalue weighted by molar-refractivity contribution is 0.470. The van der Waals surface area contributed by atoms with E-state index in [2.05, 4.69) is 33.1 Å². The highest BCUT2D eigenvalue weighted by atomic mass is 127. The van der Waals surface area contributed by atoms with Crippen molar-refractivity contribution in [2.75, 3.05) is 5.43 Å². The van der Waals surface area contributed by atoms with Gasteiger partial charge >= 0.3 is 0 Å². The van der Waals surface area contributed by atoms with Gasteiger partial charge in [0, 0.05) is 9.13 Å². The number of hydrazone groups is 1. The zero-order valence-corrected chi connectivity index (χ0v) is 13.0. The van der Waals surface area contributed by atoms with Crippen LogP contribution < -0.4 is 5.43 Å². The first-order valence-corrected chi connectivity index (χ1v) is 6.99. The van der Waals surface area contributed by atoms with E-state index in [-0.39, 0.29) is 5.75 Å². The number of aromatic hydroxyl groups is 1. The fourth-order valence-electron chi connectivity index (χ4n) is 1.79. The third kappa shape index (κ3) is 3.70. The Morgan fingerprint density at radius 2 is 1.84 bits per heavy atom. The van der Waals surface area contributed by atoms with Gasteiger partial charge in [-0.05, 0) is 77.9 Å². The van der Waals surface area contributed by atoms with Crippen LogP contribution in [0.3, 0.4) is 0 Å². The molecule has 2 aromatic carbocycles. The minimum Gasteiger partial charge on any atom is -0.507 e. The fraction of sp³-hybridized carbons (Fsp3) is 0.133. The molecule has 0 aliphatic heterocycles. The van der Waals surface area contributed by atoms with Crippen molar-refractivity contribution in [2.24, 2.45) is 5.10 Å². The lowest BCUT2D eigenvalue weighted by Crippen LogP contribution is -1.93. The standard InChI is InChI=1S/C15H15IN2O/c1-10-7-11(2)15(19)12(8-10)9-17-18-14-5-3-13(16)4-6-14/h3-9,18-19H,1-2H3/b17-9-. The van der Waals surface area contributed by atoms with Crippen molar-refractivity contribution in [2.45, 2.75) is 13.8 Å². The van der Waals surface area contributed by atoms with Crippen molar-refractivity contribution in [3.8, 4) is 5.75 Å². The lowest BCUT2D eigenvalue weighted by Gasteiger charge is -2.05. The average molecular weight is 366 g/mol. The summed E-state index contributed by atoms with van der Waals surface area (Å²) in [5, 5.41) is 14.1. The Bertz CT molecular complexity index is 606. The third-order valence-corrected chi connectivity index (χ3v) is 3.43. The summed E-state index contributed by atoms with van der Waals surface area (Å²) in [5.74, 6) is 0.277. The van der Waals surface area contributed by atoms with Crippen molar-refractivity contribution in [1.29, 1.82) is 0 Å². The summed E-state index contributed by atoms with van der Waals surface area (Å²) in [7, 11) is 0. The van der Waals surface area contributed by atoms with Gasteiger partial charge in [0.05, 0.1) is 11.9 Å². The van der Waals surface area contributed by atoms with Gasteiger partial charge in [0.15, 0.2) is 0 Å². The maximum Gasteiger partial charge on any atom is 0.127 e. The molecule has 0 saturated heterocycles. The van der Waals surface area contributed by atoms with E-state index in [1.807, 2.05) is 50.2 Å². The highest BCUT2D eigenvalue weighted by molar-refractivity contribution is 14.1. The first kappa shape index (κ1) is 13.9. The van der Waals surface area contributed by atoms with Crippen LogP contribution in [0, 0.1) is 17.4 Å². The number of nitrogens with zero attached hydrogens (tertiary/aromatic N) is 1.